The number of rotatable bonds is 5. The van der Waals surface area contributed by atoms with Gasteiger partial charge in [-0.3, -0.25) is 14.5 Å². The first-order valence-corrected chi connectivity index (χ1v) is 8.32. The molecule has 0 unspecified atom stereocenters. The molecule has 1 aliphatic heterocycles. The number of piperazine rings is 1. The first-order chi connectivity index (χ1) is 10.0. The molecular formula is C14H17BrN2O3S. The SMILES string of the molecule is O=C(O)CCN1CCN(C(=O)/C=C/c2ccc(Br)s2)CC1. The summed E-state index contributed by atoms with van der Waals surface area (Å²) in [6.45, 7) is 3.32. The van der Waals surface area contributed by atoms with Crippen LogP contribution in [0.5, 0.6) is 0 Å². The highest BCUT2D eigenvalue weighted by Crippen LogP contribution is 2.23. The van der Waals surface area contributed by atoms with Crippen LogP contribution in [-0.2, 0) is 9.59 Å². The molecule has 0 aromatic carbocycles. The van der Waals surface area contributed by atoms with Crippen LogP contribution >= 0.6 is 27.3 Å². The second-order valence-electron chi connectivity index (χ2n) is 4.79. The normalized spacial score (nSPS) is 16.5. The molecule has 1 N–H and O–H groups in total. The number of thiophene rings is 1. The Morgan fingerprint density at radius 3 is 2.57 bits per heavy atom. The smallest absolute Gasteiger partial charge is 0.304 e. The molecular weight excluding hydrogens is 356 g/mol. The van der Waals surface area contributed by atoms with Gasteiger partial charge in [0.15, 0.2) is 0 Å². The van der Waals surface area contributed by atoms with Gasteiger partial charge in [0.2, 0.25) is 5.91 Å². The molecule has 1 aromatic rings. The third-order valence-electron chi connectivity index (χ3n) is 3.31. The summed E-state index contributed by atoms with van der Waals surface area (Å²) in [5.74, 6) is -0.768. The number of halogens is 1. The molecule has 0 spiro atoms. The minimum absolute atomic E-state index is 0.0115. The Labute approximate surface area is 136 Å². The van der Waals surface area contributed by atoms with Crippen molar-refractivity contribution in [1.29, 1.82) is 0 Å². The van der Waals surface area contributed by atoms with Crippen LogP contribution in [0.3, 0.4) is 0 Å². The highest BCUT2D eigenvalue weighted by molar-refractivity contribution is 9.11. The molecule has 1 aromatic heterocycles. The van der Waals surface area contributed by atoms with E-state index in [-0.39, 0.29) is 12.3 Å². The number of carbonyl (C=O) groups is 2. The van der Waals surface area contributed by atoms with E-state index >= 15 is 0 Å². The fourth-order valence-corrected chi connectivity index (χ4v) is 3.45. The number of carbonyl (C=O) groups excluding carboxylic acids is 1. The molecule has 1 aliphatic rings. The van der Waals surface area contributed by atoms with Crippen LogP contribution in [0.15, 0.2) is 22.0 Å². The van der Waals surface area contributed by atoms with Crippen molar-refractivity contribution in [2.24, 2.45) is 0 Å². The van der Waals surface area contributed by atoms with E-state index in [9.17, 15) is 9.59 Å². The first kappa shape index (κ1) is 16.2. The topological polar surface area (TPSA) is 60.9 Å². The van der Waals surface area contributed by atoms with Crippen LogP contribution in [0.2, 0.25) is 0 Å². The van der Waals surface area contributed by atoms with Crippen LogP contribution in [0.1, 0.15) is 11.3 Å². The van der Waals surface area contributed by atoms with Crippen molar-refractivity contribution in [3.63, 3.8) is 0 Å². The zero-order chi connectivity index (χ0) is 15.2. The first-order valence-electron chi connectivity index (χ1n) is 6.71. The zero-order valence-electron chi connectivity index (χ0n) is 11.5. The lowest BCUT2D eigenvalue weighted by atomic mass is 10.2. The van der Waals surface area contributed by atoms with E-state index in [1.165, 1.54) is 0 Å². The van der Waals surface area contributed by atoms with Crippen LogP contribution in [-0.4, -0.2) is 59.5 Å². The summed E-state index contributed by atoms with van der Waals surface area (Å²) >= 11 is 4.97. The summed E-state index contributed by atoms with van der Waals surface area (Å²) in [7, 11) is 0. The van der Waals surface area contributed by atoms with Gasteiger partial charge >= 0.3 is 5.97 Å². The zero-order valence-corrected chi connectivity index (χ0v) is 13.9. The average molecular weight is 373 g/mol. The van der Waals surface area contributed by atoms with Crippen LogP contribution in [0.25, 0.3) is 6.08 Å². The molecule has 2 heterocycles. The van der Waals surface area contributed by atoms with Gasteiger partial charge in [-0.25, -0.2) is 0 Å². The molecule has 0 bridgehead atoms. The van der Waals surface area contributed by atoms with Gasteiger partial charge in [0.05, 0.1) is 10.2 Å². The number of amides is 1. The molecule has 0 atom stereocenters. The third-order valence-corrected chi connectivity index (χ3v) is 4.90. The average Bonchev–Trinajstić information content (AvgIpc) is 2.89. The monoisotopic (exact) mass is 372 g/mol. The predicted octanol–water partition coefficient (Wildman–Crippen LogP) is 2.14. The van der Waals surface area contributed by atoms with Gasteiger partial charge in [0, 0.05) is 43.7 Å². The van der Waals surface area contributed by atoms with Gasteiger partial charge in [-0.1, -0.05) is 0 Å². The molecule has 21 heavy (non-hydrogen) atoms. The molecule has 0 aliphatic carbocycles. The standard InChI is InChI=1S/C14H17BrN2O3S/c15-12-3-1-11(21-12)2-4-13(18)17-9-7-16(8-10-17)6-5-14(19)20/h1-4H,5-10H2,(H,19,20)/b4-2+. The van der Waals surface area contributed by atoms with Crippen molar-refractivity contribution >= 4 is 45.2 Å². The number of hydrogen-bond acceptors (Lipinski definition) is 4. The summed E-state index contributed by atoms with van der Waals surface area (Å²) in [4.78, 5) is 27.5. The Morgan fingerprint density at radius 1 is 1.29 bits per heavy atom. The Kier molecular flexibility index (Phi) is 5.96. The molecule has 1 amide bonds. The molecule has 1 fully saturated rings. The molecule has 114 valence electrons. The Bertz CT molecular complexity index is 536. The summed E-state index contributed by atoms with van der Waals surface area (Å²) in [5, 5.41) is 8.66. The summed E-state index contributed by atoms with van der Waals surface area (Å²) < 4.78 is 1.04. The second kappa shape index (κ2) is 7.72. The highest BCUT2D eigenvalue weighted by Gasteiger charge is 2.19. The number of carboxylic acids is 1. The number of hydrogen-bond donors (Lipinski definition) is 1. The second-order valence-corrected chi connectivity index (χ2v) is 7.28. The van der Waals surface area contributed by atoms with E-state index in [1.807, 2.05) is 18.2 Å². The fourth-order valence-electron chi connectivity index (χ4n) is 2.12. The summed E-state index contributed by atoms with van der Waals surface area (Å²) in [6.07, 6.45) is 3.58. The van der Waals surface area contributed by atoms with Gasteiger partial charge in [0.25, 0.3) is 0 Å². The predicted molar refractivity (Wildman–Crippen MR) is 86.3 cm³/mol. The quantitative estimate of drug-likeness (QED) is 0.804. The fraction of sp³-hybridized carbons (Fsp3) is 0.429. The number of carboxylic acid groups (broad SMARTS) is 1. The molecule has 0 saturated carbocycles. The van der Waals surface area contributed by atoms with E-state index in [4.69, 9.17) is 5.11 Å². The van der Waals surface area contributed by atoms with Crippen LogP contribution < -0.4 is 0 Å². The molecule has 0 radical (unpaired) electrons. The maximum Gasteiger partial charge on any atom is 0.304 e. The lowest BCUT2D eigenvalue weighted by molar-refractivity contribution is -0.138. The highest BCUT2D eigenvalue weighted by atomic mass is 79.9. The van der Waals surface area contributed by atoms with Crippen molar-refractivity contribution < 1.29 is 14.7 Å². The van der Waals surface area contributed by atoms with Gasteiger partial charge in [0.1, 0.15) is 0 Å². The van der Waals surface area contributed by atoms with Crippen molar-refractivity contribution in [3.05, 3.63) is 26.9 Å². The minimum atomic E-state index is -0.779. The molecule has 1 saturated heterocycles. The van der Waals surface area contributed by atoms with E-state index in [0.29, 0.717) is 19.6 Å². The van der Waals surface area contributed by atoms with E-state index < -0.39 is 5.97 Å². The van der Waals surface area contributed by atoms with Gasteiger partial charge in [-0.15, -0.1) is 11.3 Å². The Balaban J connectivity index is 1.77. The largest absolute Gasteiger partial charge is 0.481 e. The third kappa shape index (κ3) is 5.26. The van der Waals surface area contributed by atoms with E-state index in [1.54, 1.807) is 22.3 Å². The van der Waals surface area contributed by atoms with Gasteiger partial charge < -0.3 is 10.0 Å². The maximum atomic E-state index is 12.1. The maximum absolute atomic E-state index is 12.1. The molecule has 5 nitrogen and oxygen atoms in total. The van der Waals surface area contributed by atoms with Crippen molar-refractivity contribution in [2.75, 3.05) is 32.7 Å². The van der Waals surface area contributed by atoms with E-state index in [2.05, 4.69) is 20.8 Å². The van der Waals surface area contributed by atoms with Crippen LogP contribution in [0, 0.1) is 0 Å². The summed E-state index contributed by atoms with van der Waals surface area (Å²) in [6, 6.07) is 3.92. The van der Waals surface area contributed by atoms with Crippen molar-refractivity contribution in [3.8, 4) is 0 Å². The number of aliphatic carboxylic acids is 1. The van der Waals surface area contributed by atoms with Gasteiger partial charge in [-0.05, 0) is 34.1 Å². The van der Waals surface area contributed by atoms with Crippen molar-refractivity contribution in [2.45, 2.75) is 6.42 Å². The summed E-state index contributed by atoms with van der Waals surface area (Å²) in [5.41, 5.74) is 0. The lowest BCUT2D eigenvalue weighted by Crippen LogP contribution is -2.48. The number of nitrogens with zero attached hydrogens (tertiary/aromatic N) is 2. The van der Waals surface area contributed by atoms with Gasteiger partial charge in [-0.2, -0.15) is 0 Å². The Hall–Kier alpha value is -1.18. The molecule has 2 rings (SSSR count). The Morgan fingerprint density at radius 2 is 2.00 bits per heavy atom. The van der Waals surface area contributed by atoms with E-state index in [0.717, 1.165) is 21.8 Å². The molecule has 7 heteroatoms. The van der Waals surface area contributed by atoms with Crippen LogP contribution in [0.4, 0.5) is 0 Å². The van der Waals surface area contributed by atoms with Crippen molar-refractivity contribution in [1.82, 2.24) is 9.80 Å². The lowest BCUT2D eigenvalue weighted by Gasteiger charge is -2.33. The minimum Gasteiger partial charge on any atom is -0.481 e.